The van der Waals surface area contributed by atoms with Gasteiger partial charge < -0.3 is 5.32 Å². The largest absolute Gasteiger partial charge is 0.356 e. The van der Waals surface area contributed by atoms with Gasteiger partial charge in [-0.1, -0.05) is 29.8 Å². The number of hydrogen-bond acceptors (Lipinski definition) is 4. The molecule has 0 saturated heterocycles. The molecule has 6 heteroatoms. The van der Waals surface area contributed by atoms with Gasteiger partial charge in [0.15, 0.2) is 0 Å². The van der Waals surface area contributed by atoms with Crippen molar-refractivity contribution >= 4 is 32.6 Å². The summed E-state index contributed by atoms with van der Waals surface area (Å²) in [5, 5.41) is 3.81. The van der Waals surface area contributed by atoms with Crippen LogP contribution in [0.15, 0.2) is 22.7 Å². The van der Waals surface area contributed by atoms with Gasteiger partial charge in [-0.2, -0.15) is 4.37 Å². The molecule has 0 atom stereocenters. The van der Waals surface area contributed by atoms with Crippen LogP contribution < -0.4 is 5.32 Å². The fourth-order valence-corrected chi connectivity index (χ4v) is 2.50. The third-order valence-corrected chi connectivity index (χ3v) is 3.58. The molecular weight excluding hydrogens is 317 g/mol. The summed E-state index contributed by atoms with van der Waals surface area (Å²) in [6.07, 6.45) is 0. The van der Waals surface area contributed by atoms with Gasteiger partial charge in [-0.05, 0) is 18.2 Å². The van der Waals surface area contributed by atoms with E-state index in [-0.39, 0.29) is 5.82 Å². The first-order valence-electron chi connectivity index (χ1n) is 5.57. The maximum Gasteiger partial charge on any atom is 0.202 e. The minimum absolute atomic E-state index is 0.223. The molecule has 0 aliphatic heterocycles. The molecule has 3 nitrogen and oxygen atoms in total. The van der Waals surface area contributed by atoms with Crippen molar-refractivity contribution in [2.75, 3.05) is 5.32 Å². The number of anilines is 1. The Labute approximate surface area is 118 Å². The van der Waals surface area contributed by atoms with Gasteiger partial charge in [-0.25, -0.2) is 9.37 Å². The number of nitrogens with one attached hydrogen (secondary N) is 1. The van der Waals surface area contributed by atoms with Crippen LogP contribution in [-0.4, -0.2) is 9.36 Å². The summed E-state index contributed by atoms with van der Waals surface area (Å²) >= 11 is 4.63. The van der Waals surface area contributed by atoms with Crippen molar-refractivity contribution in [3.63, 3.8) is 0 Å². The maximum absolute atomic E-state index is 13.5. The Morgan fingerprint density at radius 1 is 1.44 bits per heavy atom. The van der Waals surface area contributed by atoms with E-state index in [0.29, 0.717) is 18.0 Å². The van der Waals surface area contributed by atoms with Crippen LogP contribution in [0.1, 0.15) is 31.2 Å². The summed E-state index contributed by atoms with van der Waals surface area (Å²) in [4.78, 5) is 4.34. The molecule has 0 aliphatic carbocycles. The highest BCUT2D eigenvalue weighted by Crippen LogP contribution is 2.20. The predicted molar refractivity (Wildman–Crippen MR) is 75.4 cm³/mol. The molecule has 2 rings (SSSR count). The Bertz CT molecular complexity index is 542. The fourth-order valence-electron chi connectivity index (χ4n) is 1.39. The fraction of sp³-hybridized carbons (Fsp3) is 0.333. The zero-order valence-electron chi connectivity index (χ0n) is 10.1. The van der Waals surface area contributed by atoms with Crippen LogP contribution in [0, 0.1) is 5.82 Å². The monoisotopic (exact) mass is 329 g/mol. The molecule has 0 aliphatic rings. The molecular formula is C12H13BrFN3S. The minimum Gasteiger partial charge on any atom is -0.356 e. The molecule has 2 aromatic rings. The second-order valence-electron chi connectivity index (χ2n) is 4.20. The van der Waals surface area contributed by atoms with Crippen LogP contribution in [-0.2, 0) is 6.54 Å². The molecule has 1 N–H and O–H groups in total. The van der Waals surface area contributed by atoms with Gasteiger partial charge >= 0.3 is 0 Å². The Balaban J connectivity index is 2.04. The summed E-state index contributed by atoms with van der Waals surface area (Å²) in [5.41, 5.74) is 0.602. The van der Waals surface area contributed by atoms with Crippen molar-refractivity contribution in [2.24, 2.45) is 0 Å². The zero-order chi connectivity index (χ0) is 13.1. The normalized spacial score (nSPS) is 10.9. The second kappa shape index (κ2) is 5.75. The van der Waals surface area contributed by atoms with Crippen molar-refractivity contribution < 1.29 is 4.39 Å². The zero-order valence-corrected chi connectivity index (χ0v) is 12.5. The van der Waals surface area contributed by atoms with E-state index >= 15 is 0 Å². The lowest BCUT2D eigenvalue weighted by atomic mass is 10.2. The SMILES string of the molecule is CC(C)c1nsc(NCc2cc(Br)ccc2F)n1. The molecule has 0 unspecified atom stereocenters. The lowest BCUT2D eigenvalue weighted by molar-refractivity contribution is 0.612. The van der Waals surface area contributed by atoms with E-state index in [4.69, 9.17) is 0 Å². The van der Waals surface area contributed by atoms with Crippen molar-refractivity contribution in [2.45, 2.75) is 26.3 Å². The van der Waals surface area contributed by atoms with Crippen molar-refractivity contribution in [1.82, 2.24) is 9.36 Å². The average molecular weight is 330 g/mol. The van der Waals surface area contributed by atoms with Gasteiger partial charge in [0.25, 0.3) is 0 Å². The predicted octanol–water partition coefficient (Wildman–Crippen LogP) is 4.18. The van der Waals surface area contributed by atoms with Gasteiger partial charge in [0.1, 0.15) is 11.6 Å². The summed E-state index contributed by atoms with van der Waals surface area (Å²) in [6.45, 7) is 4.48. The highest BCUT2D eigenvalue weighted by molar-refractivity contribution is 9.10. The van der Waals surface area contributed by atoms with Crippen molar-refractivity contribution in [1.29, 1.82) is 0 Å². The summed E-state index contributed by atoms with van der Waals surface area (Å²) in [7, 11) is 0. The average Bonchev–Trinajstić information content (AvgIpc) is 2.79. The number of rotatable bonds is 4. The second-order valence-corrected chi connectivity index (χ2v) is 5.87. The highest BCUT2D eigenvalue weighted by Gasteiger charge is 2.08. The van der Waals surface area contributed by atoms with Crippen LogP contribution in [0.5, 0.6) is 0 Å². The summed E-state index contributed by atoms with van der Waals surface area (Å²) in [6, 6.07) is 4.88. The van der Waals surface area contributed by atoms with E-state index in [9.17, 15) is 4.39 Å². The van der Waals surface area contributed by atoms with Crippen molar-refractivity contribution in [3.05, 3.63) is 39.9 Å². The molecule has 0 spiro atoms. The Hall–Kier alpha value is -1.01. The van der Waals surface area contributed by atoms with Crippen molar-refractivity contribution in [3.8, 4) is 0 Å². The van der Waals surface area contributed by atoms with E-state index < -0.39 is 0 Å². The number of benzene rings is 1. The first-order chi connectivity index (χ1) is 8.56. The summed E-state index contributed by atoms with van der Waals surface area (Å²) < 4.78 is 18.6. The summed E-state index contributed by atoms with van der Waals surface area (Å²) in [5.74, 6) is 0.899. The third kappa shape index (κ3) is 3.26. The van der Waals surface area contributed by atoms with Gasteiger partial charge in [0.05, 0.1) is 0 Å². The Kier molecular flexibility index (Phi) is 4.29. The van der Waals surface area contributed by atoms with Gasteiger partial charge in [0.2, 0.25) is 5.13 Å². The third-order valence-electron chi connectivity index (χ3n) is 2.40. The van der Waals surface area contributed by atoms with Crippen LogP contribution in [0.2, 0.25) is 0 Å². The molecule has 0 fully saturated rings. The molecule has 1 aromatic carbocycles. The van der Waals surface area contributed by atoms with E-state index in [1.165, 1.54) is 17.6 Å². The quantitative estimate of drug-likeness (QED) is 0.914. The van der Waals surface area contributed by atoms with E-state index in [1.54, 1.807) is 12.1 Å². The molecule has 96 valence electrons. The lowest BCUT2D eigenvalue weighted by Crippen LogP contribution is -2.02. The topological polar surface area (TPSA) is 37.8 Å². The lowest BCUT2D eigenvalue weighted by Gasteiger charge is -2.04. The molecule has 1 heterocycles. The number of halogens is 2. The highest BCUT2D eigenvalue weighted by atomic mass is 79.9. The van der Waals surface area contributed by atoms with E-state index in [1.807, 2.05) is 13.8 Å². The van der Waals surface area contributed by atoms with Crippen LogP contribution >= 0.6 is 27.5 Å². The Morgan fingerprint density at radius 2 is 2.22 bits per heavy atom. The molecule has 0 saturated carbocycles. The Morgan fingerprint density at radius 3 is 2.89 bits per heavy atom. The molecule has 0 radical (unpaired) electrons. The number of aromatic nitrogens is 2. The standard InChI is InChI=1S/C12H13BrFN3S/c1-7(2)11-16-12(18-17-11)15-6-8-5-9(13)3-4-10(8)14/h3-5,7H,6H2,1-2H3,(H,15,16,17). The van der Waals surface area contributed by atoms with E-state index in [2.05, 4.69) is 30.6 Å². The van der Waals surface area contributed by atoms with Gasteiger partial charge in [-0.15, -0.1) is 0 Å². The smallest absolute Gasteiger partial charge is 0.202 e. The van der Waals surface area contributed by atoms with Gasteiger partial charge in [0, 0.05) is 34.0 Å². The van der Waals surface area contributed by atoms with Crippen LogP contribution in [0.25, 0.3) is 0 Å². The molecule has 0 amide bonds. The van der Waals surface area contributed by atoms with E-state index in [0.717, 1.165) is 15.4 Å². The first-order valence-corrected chi connectivity index (χ1v) is 7.14. The molecule has 0 bridgehead atoms. The maximum atomic E-state index is 13.5. The first kappa shape index (κ1) is 13.4. The molecule has 1 aromatic heterocycles. The van der Waals surface area contributed by atoms with Crippen LogP contribution in [0.3, 0.4) is 0 Å². The van der Waals surface area contributed by atoms with Gasteiger partial charge in [-0.3, -0.25) is 0 Å². The molecule has 18 heavy (non-hydrogen) atoms. The number of hydrogen-bond donors (Lipinski definition) is 1. The minimum atomic E-state index is -0.223. The number of nitrogens with zero attached hydrogens (tertiary/aromatic N) is 2. The van der Waals surface area contributed by atoms with Crippen LogP contribution in [0.4, 0.5) is 9.52 Å².